The normalized spacial score (nSPS) is 15.4. The van der Waals surface area contributed by atoms with Gasteiger partial charge in [0.1, 0.15) is 0 Å². The summed E-state index contributed by atoms with van der Waals surface area (Å²) < 4.78 is 1.82. The molecule has 1 aliphatic heterocycles. The third-order valence-corrected chi connectivity index (χ3v) is 4.74. The molecule has 0 aliphatic carbocycles. The van der Waals surface area contributed by atoms with Crippen LogP contribution in [0.15, 0.2) is 24.5 Å². The van der Waals surface area contributed by atoms with Gasteiger partial charge in [-0.05, 0) is 31.9 Å². The van der Waals surface area contributed by atoms with E-state index < -0.39 is 0 Å². The van der Waals surface area contributed by atoms with Crippen molar-refractivity contribution in [2.24, 2.45) is 7.05 Å². The van der Waals surface area contributed by atoms with Crippen LogP contribution in [0.3, 0.4) is 0 Å². The predicted octanol–water partition coefficient (Wildman–Crippen LogP) is 2.11. The Morgan fingerprint density at radius 1 is 1.12 bits per heavy atom. The molecule has 2 aromatic rings. The lowest BCUT2D eigenvalue weighted by atomic mass is 10.1. The number of hydrogen-bond acceptors (Lipinski definition) is 4. The van der Waals surface area contributed by atoms with Crippen molar-refractivity contribution in [3.05, 3.63) is 41.2 Å². The summed E-state index contributed by atoms with van der Waals surface area (Å²) in [5, 5.41) is 7.32. The Bertz CT molecular complexity index is 736. The van der Waals surface area contributed by atoms with Crippen molar-refractivity contribution in [3.8, 4) is 0 Å². The van der Waals surface area contributed by atoms with E-state index in [0.29, 0.717) is 6.54 Å². The van der Waals surface area contributed by atoms with Crippen LogP contribution in [0.1, 0.15) is 16.7 Å². The van der Waals surface area contributed by atoms with Gasteiger partial charge >= 0.3 is 0 Å². The highest BCUT2D eigenvalue weighted by molar-refractivity contribution is 5.93. The number of rotatable bonds is 4. The van der Waals surface area contributed by atoms with Gasteiger partial charge in [0, 0.05) is 45.1 Å². The minimum Gasteiger partial charge on any atom is -0.366 e. The first-order valence-corrected chi connectivity index (χ1v) is 8.76. The number of anilines is 2. The zero-order valence-corrected chi connectivity index (χ0v) is 15.5. The molecule has 2 heterocycles. The molecule has 6 heteroatoms. The molecule has 1 saturated heterocycles. The van der Waals surface area contributed by atoms with Crippen molar-refractivity contribution in [2.45, 2.75) is 20.8 Å². The molecule has 1 aromatic heterocycles. The van der Waals surface area contributed by atoms with Crippen LogP contribution >= 0.6 is 0 Å². The van der Waals surface area contributed by atoms with Gasteiger partial charge in [-0.3, -0.25) is 14.4 Å². The third-order valence-electron chi connectivity index (χ3n) is 4.74. The summed E-state index contributed by atoms with van der Waals surface area (Å²) in [7, 11) is 1.93. The topological polar surface area (TPSA) is 53.4 Å². The van der Waals surface area contributed by atoms with E-state index in [4.69, 9.17) is 0 Å². The van der Waals surface area contributed by atoms with Gasteiger partial charge in [-0.25, -0.2) is 0 Å². The molecule has 3 rings (SSSR count). The van der Waals surface area contributed by atoms with Gasteiger partial charge in [0.2, 0.25) is 5.91 Å². The molecular formula is C19H27N5O. The highest BCUT2D eigenvalue weighted by Gasteiger charge is 2.20. The van der Waals surface area contributed by atoms with E-state index >= 15 is 0 Å². The van der Waals surface area contributed by atoms with Gasteiger partial charge in [-0.1, -0.05) is 17.7 Å². The van der Waals surface area contributed by atoms with Gasteiger partial charge < -0.3 is 10.2 Å². The summed E-state index contributed by atoms with van der Waals surface area (Å²) in [5.74, 6) is 0.0601. The first-order valence-electron chi connectivity index (χ1n) is 8.76. The molecule has 1 aromatic carbocycles. The first-order chi connectivity index (χ1) is 11.9. The van der Waals surface area contributed by atoms with Crippen molar-refractivity contribution in [2.75, 3.05) is 42.9 Å². The lowest BCUT2D eigenvalue weighted by Crippen LogP contribution is -2.48. The van der Waals surface area contributed by atoms with E-state index in [0.717, 1.165) is 48.7 Å². The van der Waals surface area contributed by atoms with Crippen molar-refractivity contribution in [1.29, 1.82) is 0 Å². The summed E-state index contributed by atoms with van der Waals surface area (Å²) in [4.78, 5) is 17.0. The van der Waals surface area contributed by atoms with Crippen LogP contribution in [0.5, 0.6) is 0 Å². The van der Waals surface area contributed by atoms with Gasteiger partial charge in [0.05, 0.1) is 18.4 Å². The minimum absolute atomic E-state index is 0.0601. The van der Waals surface area contributed by atoms with Crippen LogP contribution in [0.2, 0.25) is 0 Å². The Balaban J connectivity index is 1.53. The Labute approximate surface area is 149 Å². The fourth-order valence-electron chi connectivity index (χ4n) is 3.50. The number of carbonyl (C=O) groups excluding carboxylic acids is 1. The highest BCUT2D eigenvalue weighted by atomic mass is 16.2. The molecule has 134 valence electrons. The van der Waals surface area contributed by atoms with Crippen molar-refractivity contribution >= 4 is 17.3 Å². The molecule has 6 nitrogen and oxygen atoms in total. The maximum Gasteiger partial charge on any atom is 0.238 e. The fourth-order valence-corrected chi connectivity index (χ4v) is 3.50. The Kier molecular flexibility index (Phi) is 5.08. The van der Waals surface area contributed by atoms with E-state index in [1.807, 2.05) is 38.0 Å². The Hall–Kier alpha value is -2.34. The maximum absolute atomic E-state index is 12.4. The van der Waals surface area contributed by atoms with Crippen molar-refractivity contribution < 1.29 is 4.79 Å². The second kappa shape index (κ2) is 7.27. The number of carbonyl (C=O) groups is 1. The Morgan fingerprint density at radius 2 is 1.76 bits per heavy atom. The average molecular weight is 341 g/mol. The van der Waals surface area contributed by atoms with Gasteiger partial charge in [-0.2, -0.15) is 5.10 Å². The molecule has 0 radical (unpaired) electrons. The summed E-state index contributed by atoms with van der Waals surface area (Å²) in [5.41, 5.74) is 5.56. The van der Waals surface area contributed by atoms with Gasteiger partial charge in [0.15, 0.2) is 0 Å². The van der Waals surface area contributed by atoms with E-state index in [-0.39, 0.29) is 5.91 Å². The second-order valence-electron chi connectivity index (χ2n) is 6.96. The number of piperazine rings is 1. The molecule has 0 spiro atoms. The van der Waals surface area contributed by atoms with E-state index in [1.165, 1.54) is 5.56 Å². The van der Waals surface area contributed by atoms with Gasteiger partial charge in [-0.15, -0.1) is 0 Å². The lowest BCUT2D eigenvalue weighted by molar-refractivity contribution is -0.117. The average Bonchev–Trinajstić information content (AvgIpc) is 2.98. The fraction of sp³-hybridized carbons (Fsp3) is 0.474. The number of aromatic nitrogens is 2. The predicted molar refractivity (Wildman–Crippen MR) is 101 cm³/mol. The minimum atomic E-state index is 0.0601. The van der Waals surface area contributed by atoms with Crippen LogP contribution in [-0.4, -0.2) is 53.3 Å². The zero-order chi connectivity index (χ0) is 18.0. The molecule has 0 saturated carbocycles. The number of benzene rings is 1. The van der Waals surface area contributed by atoms with Crippen LogP contribution in [-0.2, 0) is 11.8 Å². The molecule has 1 amide bonds. The Morgan fingerprint density at radius 3 is 2.32 bits per heavy atom. The largest absolute Gasteiger partial charge is 0.366 e. The molecule has 25 heavy (non-hydrogen) atoms. The number of nitrogens with zero attached hydrogens (tertiary/aromatic N) is 4. The number of aryl methyl sites for hydroxylation is 4. The van der Waals surface area contributed by atoms with Crippen LogP contribution in [0, 0.1) is 20.8 Å². The monoisotopic (exact) mass is 341 g/mol. The molecular weight excluding hydrogens is 314 g/mol. The quantitative estimate of drug-likeness (QED) is 0.925. The smallest absolute Gasteiger partial charge is 0.238 e. The van der Waals surface area contributed by atoms with Crippen molar-refractivity contribution in [1.82, 2.24) is 14.7 Å². The van der Waals surface area contributed by atoms with Crippen LogP contribution in [0.25, 0.3) is 0 Å². The first kappa shape index (κ1) is 17.5. The van der Waals surface area contributed by atoms with Crippen molar-refractivity contribution in [3.63, 3.8) is 0 Å². The second-order valence-corrected chi connectivity index (χ2v) is 6.96. The maximum atomic E-state index is 12.4. The summed E-state index contributed by atoms with van der Waals surface area (Å²) in [6, 6.07) is 4.21. The SMILES string of the molecule is Cc1cc(C)c(NC(=O)CN2CCN(c3cnn(C)c3)CC2)c(C)c1. The molecule has 0 atom stereocenters. The molecule has 1 aliphatic rings. The summed E-state index contributed by atoms with van der Waals surface area (Å²) >= 11 is 0. The number of hydrogen-bond donors (Lipinski definition) is 1. The van der Waals surface area contributed by atoms with E-state index in [9.17, 15) is 4.79 Å². The summed E-state index contributed by atoms with van der Waals surface area (Å²) in [6.45, 7) is 10.2. The summed E-state index contributed by atoms with van der Waals surface area (Å²) in [6.07, 6.45) is 3.93. The van der Waals surface area contributed by atoms with Gasteiger partial charge in [0.25, 0.3) is 0 Å². The highest BCUT2D eigenvalue weighted by Crippen LogP contribution is 2.22. The molecule has 0 unspecified atom stereocenters. The van der Waals surface area contributed by atoms with Crippen LogP contribution < -0.4 is 10.2 Å². The number of nitrogens with one attached hydrogen (secondary N) is 1. The molecule has 1 fully saturated rings. The molecule has 0 bridgehead atoms. The zero-order valence-electron chi connectivity index (χ0n) is 15.5. The van der Waals surface area contributed by atoms with Crippen LogP contribution in [0.4, 0.5) is 11.4 Å². The lowest BCUT2D eigenvalue weighted by Gasteiger charge is -2.34. The molecule has 1 N–H and O–H groups in total. The van der Waals surface area contributed by atoms with E-state index in [2.05, 4.69) is 39.3 Å². The standard InChI is InChI=1S/C19H27N5O/c1-14-9-15(2)19(16(3)10-14)21-18(25)13-23-5-7-24(8-6-23)17-11-20-22(4)12-17/h9-12H,5-8,13H2,1-4H3,(H,21,25). The van der Waals surface area contributed by atoms with E-state index in [1.54, 1.807) is 0 Å². The third kappa shape index (κ3) is 4.20. The number of amides is 1.